The van der Waals surface area contributed by atoms with Gasteiger partial charge in [0.15, 0.2) is 5.78 Å². The van der Waals surface area contributed by atoms with Crippen molar-refractivity contribution in [3.63, 3.8) is 0 Å². The monoisotopic (exact) mass is 1900 g/mol. The maximum atomic E-state index is 16.4. The van der Waals surface area contributed by atoms with Gasteiger partial charge in [-0.3, -0.25) is 91.3 Å². The van der Waals surface area contributed by atoms with Gasteiger partial charge in [-0.25, -0.2) is 0 Å². The van der Waals surface area contributed by atoms with E-state index in [-0.39, 0.29) is 90.2 Å². The molecule has 0 aliphatic carbocycles. The van der Waals surface area contributed by atoms with Gasteiger partial charge in [0, 0.05) is 137 Å². The number of para-hydroxylation sites is 1. The Labute approximate surface area is 781 Å². The molecule has 23 N–H and O–H groups in total. The Morgan fingerprint density at radius 2 is 1.28 bits per heavy atom. The average molecular weight is 1900 g/mol. The number of ketones is 1. The predicted molar refractivity (Wildman–Crippen MR) is 495 cm³/mol. The number of aromatic amines is 1. The molecule has 0 spiro atoms. The molecule has 0 saturated carbocycles. The lowest BCUT2D eigenvalue weighted by molar-refractivity contribution is -0.142. The number of likely N-dealkylation sites (N-methyl/N-ethyl adjacent to an activating group) is 1. The molecule has 724 valence electrons. The number of aromatic nitrogens is 2. The molecule has 16 amide bonds. The third-order valence-electron chi connectivity index (χ3n) is 22.7. The summed E-state index contributed by atoms with van der Waals surface area (Å²) in [6.45, 7) is 10.8. The number of primary amides is 3. The number of nitrogens with zero attached hydrogens (tertiary/aromatic N) is 2. The quantitative estimate of drug-likeness (QED) is 0.0161. The number of fused-ring (bicyclic) bond motifs is 2. The lowest BCUT2D eigenvalue weighted by Gasteiger charge is -2.39. The summed E-state index contributed by atoms with van der Waals surface area (Å²) in [4.78, 5) is 266. The van der Waals surface area contributed by atoms with Crippen LogP contribution in [0.2, 0.25) is 0 Å². The van der Waals surface area contributed by atoms with Gasteiger partial charge in [0.25, 0.3) is 0 Å². The average Bonchev–Trinajstić information content (AvgIpc) is 1.79. The first-order valence-corrected chi connectivity index (χ1v) is 45.9. The Morgan fingerprint density at radius 1 is 0.642 bits per heavy atom. The normalized spacial score (nSPS) is 19.6. The van der Waals surface area contributed by atoms with E-state index in [0.29, 0.717) is 44.3 Å². The molecule has 4 aromatic carbocycles. The number of pyridine rings is 1. The van der Waals surface area contributed by atoms with Gasteiger partial charge in [0.2, 0.25) is 94.5 Å². The molecule has 2 saturated heterocycles. The number of aliphatic hydroxyl groups is 1. The second-order valence-corrected chi connectivity index (χ2v) is 37.9. The third kappa shape index (κ3) is 31.5. The molecule has 2 aliphatic heterocycles. The number of carboxylic acids is 1. The number of aliphatic hydroxyl groups excluding tert-OH is 1. The highest BCUT2D eigenvalue weighted by molar-refractivity contribution is 8.77. The van der Waals surface area contributed by atoms with E-state index in [1.807, 2.05) is 19.1 Å². The summed E-state index contributed by atoms with van der Waals surface area (Å²) >= 11 is 0. The van der Waals surface area contributed by atoms with Gasteiger partial charge in [-0.05, 0) is 130 Å². The Hall–Kier alpha value is -13.1. The fourth-order valence-electron chi connectivity index (χ4n) is 15.4. The fourth-order valence-corrected chi connectivity index (χ4v) is 18.3. The fraction of sp³-hybridized carbons (Fsp3) is 0.484. The largest absolute Gasteiger partial charge is 0.492 e. The number of nitrogens with one attached hydrogen (secondary N) is 13. The molecule has 43 heteroatoms. The van der Waals surface area contributed by atoms with Gasteiger partial charge in [-0.1, -0.05) is 100 Å². The van der Waals surface area contributed by atoms with Gasteiger partial charge in [-0.15, -0.1) is 0 Å². The SMILES string of the molecule is CC(=O)NCCCC[C@@H]1NC(=O)[C@H](Cc2c[nH]c3c(C)cccc23)NC(=O)[C@H]([C@@H](C)O)NC(=O)[C@H](CC(N)=O)NC(=O)[C@@H](NC(C)=O)C(C)(C)SSC(C)(C)[C@@H](C(=O)N[C@@H](Cc2ccc(OCCN)cc2)C(=O)N[C@@H](Cc2ccc3ccccc3c2)C(=O)NC2(C(=O)N[C@@H](CCC(=O)O)C(=O)N[C@@H](CC(N)=O)C(=O)C[C@@H](Cc3cccnc3)C(=O)N(C)CC(N)=O)CCOCC2)NC1=O. The summed E-state index contributed by atoms with van der Waals surface area (Å²) in [7, 11) is 3.05. The first kappa shape index (κ1) is 106. The number of carbonyl (C=O) groups is 18. The highest BCUT2D eigenvalue weighted by atomic mass is 33.1. The zero-order valence-electron chi connectivity index (χ0n) is 76.1. The van der Waals surface area contributed by atoms with Crippen LogP contribution in [0.5, 0.6) is 5.75 Å². The number of H-pyrrole nitrogens is 1. The zero-order chi connectivity index (χ0) is 98.5. The number of rotatable bonds is 41. The number of hydrogen-bond acceptors (Lipinski definition) is 25. The van der Waals surface area contributed by atoms with Crippen molar-refractivity contribution in [3.8, 4) is 5.75 Å². The van der Waals surface area contributed by atoms with E-state index < -0.39 is 233 Å². The molecule has 0 bridgehead atoms. The number of hydrogen-bond donors (Lipinski definition) is 19. The van der Waals surface area contributed by atoms with Crippen molar-refractivity contribution < 1.29 is 106 Å². The number of benzene rings is 4. The van der Waals surface area contributed by atoms with E-state index in [1.54, 1.807) is 91.1 Å². The number of nitrogens with two attached hydrogens (primary N) is 4. The van der Waals surface area contributed by atoms with Crippen LogP contribution >= 0.6 is 21.6 Å². The minimum Gasteiger partial charge on any atom is -0.492 e. The first-order valence-electron chi connectivity index (χ1n) is 43.7. The van der Waals surface area contributed by atoms with Gasteiger partial charge in [-0.2, -0.15) is 0 Å². The Balaban J connectivity index is 1.22. The maximum absolute atomic E-state index is 16.4. The molecule has 12 atom stereocenters. The lowest BCUT2D eigenvalue weighted by Crippen LogP contribution is -2.67. The third-order valence-corrected chi connectivity index (χ3v) is 26.9. The van der Waals surface area contributed by atoms with Crippen molar-refractivity contribution >= 4 is 150 Å². The van der Waals surface area contributed by atoms with Crippen LogP contribution in [-0.2, 0) is 117 Å². The number of Topliss-reactive ketones (excluding diaryl/α,β-unsaturated/α-hetero) is 1. The van der Waals surface area contributed by atoms with Gasteiger partial charge >= 0.3 is 5.97 Å². The molecule has 2 aromatic heterocycles. The van der Waals surface area contributed by atoms with Crippen molar-refractivity contribution in [2.45, 2.75) is 227 Å². The summed E-state index contributed by atoms with van der Waals surface area (Å²) in [5.74, 6) is -19.3. The van der Waals surface area contributed by atoms with Crippen LogP contribution in [-0.4, -0.2) is 259 Å². The molecule has 8 rings (SSSR count). The molecule has 2 fully saturated rings. The molecule has 134 heavy (non-hydrogen) atoms. The Kier molecular flexibility index (Phi) is 39.3. The number of aryl methyl sites for hydroxylation is 1. The van der Waals surface area contributed by atoms with E-state index in [9.17, 15) is 67.7 Å². The van der Waals surface area contributed by atoms with Crippen LogP contribution < -0.4 is 91.5 Å². The Morgan fingerprint density at radius 3 is 1.92 bits per heavy atom. The van der Waals surface area contributed by atoms with E-state index in [2.05, 4.69) is 73.8 Å². The molecule has 4 heterocycles. The van der Waals surface area contributed by atoms with Crippen LogP contribution in [0.1, 0.15) is 140 Å². The van der Waals surface area contributed by atoms with Gasteiger partial charge in [0.05, 0.1) is 31.5 Å². The number of unbranched alkanes of at least 4 members (excludes halogenated alkanes) is 1. The van der Waals surface area contributed by atoms with E-state index in [0.717, 1.165) is 51.3 Å². The standard InChI is InChI=1S/C91H121N19O22S2/c1-49-16-14-20-61-59(47-98-74(49)61)42-67-81(123)100-62(21-12-13-34-97-51(3)112)79(121)108-77(90(7,8)134-133-89(5,6)76(99-52(4)113)85(127)105-68(45-71(94)116)82(124)107-75(50(2)111)84(126)103-67)86(128)104-65(40-53-23-26-60(27-24-53)132-37-32-92)80(122)102-66(41-54-22-25-56-18-10-11-19-57(56)38-54)83(125)109-91(30-35-131-36-31-91)88(130)106-63(28-29-73(118)119)78(120)101-64(44-70(93)115)69(114)43-58(39-55-17-15-33-96-46-55)87(129)110(9)48-72(95)117/h10-11,14-20,22-27,33,38,46-47,50,58,62-68,75-77,98,111H,12-13,21,28-32,34-37,39-45,48,92H2,1-9H3,(H2,93,115)(H2,94,116)(H2,95,117)(H,97,112)(H,99,113)(H,100,123)(H,101,120)(H,102,122)(H,103,126)(H,104,128)(H,105,127)(H,106,130)(H,107,124)(H,108,121)(H,109,125)(H,118,119)/t50-,58-,62+,63+,64+,65+,66+,67+,68+,75+,76-,77-/m1/s1. The molecular formula is C91H121N19O22S2. The lowest BCUT2D eigenvalue weighted by atomic mass is 9.87. The number of amides is 16. The molecule has 0 radical (unpaired) electrons. The van der Waals surface area contributed by atoms with Gasteiger partial charge in [0.1, 0.15) is 72.3 Å². The van der Waals surface area contributed by atoms with Crippen molar-refractivity contribution in [3.05, 3.63) is 143 Å². The molecule has 6 aromatic rings. The number of carbonyl (C=O) groups excluding carboxylic acids is 17. The number of ether oxygens (including phenoxy) is 2. The van der Waals surface area contributed by atoms with Crippen LogP contribution in [0.15, 0.2) is 116 Å². The van der Waals surface area contributed by atoms with E-state index >= 15 is 28.8 Å². The zero-order valence-corrected chi connectivity index (χ0v) is 77.8. The summed E-state index contributed by atoms with van der Waals surface area (Å²) in [5.41, 5.74) is 23.6. The smallest absolute Gasteiger partial charge is 0.303 e. The van der Waals surface area contributed by atoms with Crippen LogP contribution in [0.25, 0.3) is 21.7 Å². The highest BCUT2D eigenvalue weighted by Gasteiger charge is 2.49. The van der Waals surface area contributed by atoms with Crippen molar-refractivity contribution in [2.75, 3.05) is 46.5 Å². The molecular weight excluding hydrogens is 1780 g/mol. The van der Waals surface area contributed by atoms with Crippen molar-refractivity contribution in [1.82, 2.24) is 78.7 Å². The minimum atomic E-state index is -2.09. The van der Waals surface area contributed by atoms with Crippen molar-refractivity contribution in [2.24, 2.45) is 28.9 Å². The summed E-state index contributed by atoms with van der Waals surface area (Å²) in [6, 6.07) is 9.30. The summed E-state index contributed by atoms with van der Waals surface area (Å²) in [5, 5.41) is 55.3. The second-order valence-electron chi connectivity index (χ2n) is 34.5. The summed E-state index contributed by atoms with van der Waals surface area (Å²) in [6.07, 6.45) is -2.98. The summed E-state index contributed by atoms with van der Waals surface area (Å²) < 4.78 is 8.27. The predicted octanol–water partition coefficient (Wildman–Crippen LogP) is -1.06. The molecule has 41 nitrogen and oxygen atoms in total. The van der Waals surface area contributed by atoms with E-state index in [4.69, 9.17) is 32.4 Å². The van der Waals surface area contributed by atoms with Gasteiger partial charge < -0.3 is 116 Å². The minimum absolute atomic E-state index is 0.0922. The highest BCUT2D eigenvalue weighted by Crippen LogP contribution is 2.47. The van der Waals surface area contributed by atoms with Crippen LogP contribution in [0, 0.1) is 12.8 Å². The number of aliphatic carboxylic acids is 1. The van der Waals surface area contributed by atoms with E-state index in [1.165, 1.54) is 54.1 Å². The molecule has 0 unspecified atom stereocenters. The van der Waals surface area contributed by atoms with Crippen LogP contribution in [0.4, 0.5) is 0 Å². The number of carboxylic acid groups (broad SMARTS) is 1. The second kappa shape index (κ2) is 49.6. The molecule has 2 aliphatic rings. The Bertz CT molecular complexity index is 5270. The first-order chi connectivity index (χ1) is 63.4. The topological polar surface area (TPSA) is 647 Å². The van der Waals surface area contributed by atoms with Crippen LogP contribution in [0.3, 0.4) is 0 Å². The maximum Gasteiger partial charge on any atom is 0.303 e. The van der Waals surface area contributed by atoms with Crippen molar-refractivity contribution in [1.29, 1.82) is 0 Å².